The SMILES string of the molecule is CC(C)(C)OC(=O)N1CCCC[C@@H]1C(=O)NNC(=O)c1ccc(Cl)cc1. The molecule has 1 heterocycles. The molecular weight excluding hydrogens is 358 g/mol. The average Bonchev–Trinajstić information content (AvgIpc) is 2.58. The van der Waals surface area contributed by atoms with E-state index in [1.54, 1.807) is 45.0 Å². The number of carbonyl (C=O) groups is 3. The molecule has 1 aromatic rings. The molecule has 7 nitrogen and oxygen atoms in total. The van der Waals surface area contributed by atoms with Gasteiger partial charge in [0.05, 0.1) is 0 Å². The maximum atomic E-state index is 12.5. The Labute approximate surface area is 158 Å². The zero-order valence-electron chi connectivity index (χ0n) is 15.2. The lowest BCUT2D eigenvalue weighted by Crippen LogP contribution is -2.56. The Morgan fingerprint density at radius 2 is 1.77 bits per heavy atom. The molecule has 142 valence electrons. The molecule has 3 amide bonds. The fourth-order valence-corrected chi connectivity index (χ4v) is 2.74. The number of benzene rings is 1. The third-order valence-corrected chi connectivity index (χ3v) is 4.09. The maximum Gasteiger partial charge on any atom is 0.410 e. The van der Waals surface area contributed by atoms with Crippen LogP contribution in [0.3, 0.4) is 0 Å². The highest BCUT2D eigenvalue weighted by Gasteiger charge is 2.35. The number of amides is 3. The summed E-state index contributed by atoms with van der Waals surface area (Å²) in [5.41, 5.74) is 4.48. The van der Waals surface area contributed by atoms with Crippen LogP contribution in [0.5, 0.6) is 0 Å². The van der Waals surface area contributed by atoms with Gasteiger partial charge in [-0.2, -0.15) is 0 Å². The van der Waals surface area contributed by atoms with Crippen molar-refractivity contribution < 1.29 is 19.1 Å². The number of likely N-dealkylation sites (tertiary alicyclic amines) is 1. The van der Waals surface area contributed by atoms with Crippen LogP contribution in [0.25, 0.3) is 0 Å². The second kappa shape index (κ2) is 8.40. The molecule has 8 heteroatoms. The number of hydrazine groups is 1. The quantitative estimate of drug-likeness (QED) is 0.771. The van der Waals surface area contributed by atoms with Crippen molar-refractivity contribution >= 4 is 29.5 Å². The Hall–Kier alpha value is -2.28. The molecule has 0 unspecified atom stereocenters. The van der Waals surface area contributed by atoms with E-state index in [2.05, 4.69) is 10.9 Å². The van der Waals surface area contributed by atoms with Gasteiger partial charge in [0.1, 0.15) is 11.6 Å². The molecule has 2 N–H and O–H groups in total. The number of rotatable bonds is 2. The smallest absolute Gasteiger partial charge is 0.410 e. The topological polar surface area (TPSA) is 87.7 Å². The van der Waals surface area contributed by atoms with E-state index in [1.165, 1.54) is 4.90 Å². The van der Waals surface area contributed by atoms with Crippen LogP contribution in [0.4, 0.5) is 4.79 Å². The highest BCUT2D eigenvalue weighted by Crippen LogP contribution is 2.20. The first-order valence-electron chi connectivity index (χ1n) is 8.53. The average molecular weight is 382 g/mol. The van der Waals surface area contributed by atoms with Gasteiger partial charge >= 0.3 is 6.09 Å². The molecule has 1 aliphatic rings. The third kappa shape index (κ3) is 5.62. The van der Waals surface area contributed by atoms with E-state index in [4.69, 9.17) is 16.3 Å². The van der Waals surface area contributed by atoms with Crippen LogP contribution in [0.1, 0.15) is 50.4 Å². The molecule has 0 bridgehead atoms. The number of nitrogens with one attached hydrogen (secondary N) is 2. The van der Waals surface area contributed by atoms with E-state index in [0.717, 1.165) is 12.8 Å². The van der Waals surface area contributed by atoms with Gasteiger partial charge in [-0.05, 0) is 64.3 Å². The Morgan fingerprint density at radius 3 is 2.38 bits per heavy atom. The molecule has 0 spiro atoms. The van der Waals surface area contributed by atoms with Crippen LogP contribution in [0.15, 0.2) is 24.3 Å². The van der Waals surface area contributed by atoms with Crippen molar-refractivity contribution in [2.45, 2.75) is 51.7 Å². The van der Waals surface area contributed by atoms with Gasteiger partial charge in [0, 0.05) is 17.1 Å². The van der Waals surface area contributed by atoms with Crippen LogP contribution in [-0.4, -0.2) is 41.0 Å². The predicted octanol–water partition coefficient (Wildman–Crippen LogP) is 2.89. The number of hydrogen-bond donors (Lipinski definition) is 2. The summed E-state index contributed by atoms with van der Waals surface area (Å²) in [7, 11) is 0. The number of hydrogen-bond acceptors (Lipinski definition) is 4. The van der Waals surface area contributed by atoms with Crippen molar-refractivity contribution in [1.29, 1.82) is 0 Å². The number of piperidine rings is 1. The lowest BCUT2D eigenvalue weighted by molar-refractivity contribution is -0.128. The minimum atomic E-state index is -0.677. The highest BCUT2D eigenvalue weighted by molar-refractivity contribution is 6.30. The molecule has 1 saturated heterocycles. The first-order valence-corrected chi connectivity index (χ1v) is 8.90. The molecule has 26 heavy (non-hydrogen) atoms. The second-order valence-corrected chi connectivity index (χ2v) is 7.57. The number of carbonyl (C=O) groups excluding carboxylic acids is 3. The Kier molecular flexibility index (Phi) is 6.47. The fourth-order valence-electron chi connectivity index (χ4n) is 2.62. The summed E-state index contributed by atoms with van der Waals surface area (Å²) in [6.07, 6.45) is 1.62. The predicted molar refractivity (Wildman–Crippen MR) is 97.6 cm³/mol. The van der Waals surface area contributed by atoms with Crippen LogP contribution >= 0.6 is 11.6 Å². The Morgan fingerprint density at radius 1 is 1.12 bits per heavy atom. The molecule has 1 atom stereocenters. The summed E-state index contributed by atoms with van der Waals surface area (Å²) in [6, 6.07) is 5.60. The summed E-state index contributed by atoms with van der Waals surface area (Å²) in [6.45, 7) is 5.76. The van der Waals surface area contributed by atoms with Crippen LogP contribution in [0.2, 0.25) is 5.02 Å². The third-order valence-electron chi connectivity index (χ3n) is 3.84. The number of ether oxygens (including phenoxy) is 1. The van der Waals surface area contributed by atoms with Gasteiger partial charge in [-0.15, -0.1) is 0 Å². The molecule has 0 aromatic heterocycles. The number of nitrogens with zero attached hydrogens (tertiary/aromatic N) is 1. The first-order chi connectivity index (χ1) is 12.2. The van der Waals surface area contributed by atoms with Crippen LogP contribution < -0.4 is 10.9 Å². The summed E-state index contributed by atoms with van der Waals surface area (Å²) in [5, 5.41) is 0.515. The van der Waals surface area contributed by atoms with Gasteiger partial charge in [0.15, 0.2) is 0 Å². The largest absolute Gasteiger partial charge is 0.444 e. The van der Waals surface area contributed by atoms with Gasteiger partial charge in [-0.25, -0.2) is 4.79 Å². The van der Waals surface area contributed by atoms with Crippen molar-refractivity contribution in [2.75, 3.05) is 6.54 Å². The van der Waals surface area contributed by atoms with Gasteiger partial charge < -0.3 is 4.74 Å². The van der Waals surface area contributed by atoms with Gasteiger partial charge in [0.25, 0.3) is 11.8 Å². The zero-order chi connectivity index (χ0) is 19.3. The molecule has 1 aliphatic heterocycles. The van der Waals surface area contributed by atoms with E-state index >= 15 is 0 Å². The van der Waals surface area contributed by atoms with Crippen molar-refractivity contribution in [2.24, 2.45) is 0 Å². The van der Waals surface area contributed by atoms with Crippen LogP contribution in [0, 0.1) is 0 Å². The molecule has 1 aromatic carbocycles. The van der Waals surface area contributed by atoms with Crippen LogP contribution in [-0.2, 0) is 9.53 Å². The van der Waals surface area contributed by atoms with Gasteiger partial charge in [-0.1, -0.05) is 11.6 Å². The molecule has 2 rings (SSSR count). The Balaban J connectivity index is 1.96. The monoisotopic (exact) mass is 381 g/mol. The van der Waals surface area contributed by atoms with E-state index in [-0.39, 0.29) is 0 Å². The van der Waals surface area contributed by atoms with E-state index in [0.29, 0.717) is 23.6 Å². The van der Waals surface area contributed by atoms with E-state index in [9.17, 15) is 14.4 Å². The van der Waals surface area contributed by atoms with Crippen molar-refractivity contribution in [3.05, 3.63) is 34.9 Å². The summed E-state index contributed by atoms with van der Waals surface area (Å²) >= 11 is 5.79. The molecular formula is C18H24ClN3O4. The molecule has 1 fully saturated rings. The molecule has 0 saturated carbocycles. The van der Waals surface area contributed by atoms with E-state index in [1.807, 2.05) is 0 Å². The summed E-state index contributed by atoms with van der Waals surface area (Å²) in [5.74, 6) is -0.910. The fraction of sp³-hybridized carbons (Fsp3) is 0.500. The highest BCUT2D eigenvalue weighted by atomic mass is 35.5. The van der Waals surface area contributed by atoms with Crippen molar-refractivity contribution in [3.63, 3.8) is 0 Å². The zero-order valence-corrected chi connectivity index (χ0v) is 15.9. The summed E-state index contributed by atoms with van der Waals surface area (Å²) < 4.78 is 5.37. The van der Waals surface area contributed by atoms with Crippen molar-refractivity contribution in [1.82, 2.24) is 15.8 Å². The normalized spacial score (nSPS) is 17.4. The standard InChI is InChI=1S/C18H24ClN3O4/c1-18(2,3)26-17(25)22-11-5-4-6-14(22)16(24)21-20-15(23)12-7-9-13(19)10-8-12/h7-10,14H,4-6,11H2,1-3H3,(H,20,23)(H,21,24)/t14-/m1/s1. The molecule has 0 aliphatic carbocycles. The van der Waals surface area contributed by atoms with E-state index < -0.39 is 29.6 Å². The minimum absolute atomic E-state index is 0.363. The lowest BCUT2D eigenvalue weighted by Gasteiger charge is -2.35. The minimum Gasteiger partial charge on any atom is -0.444 e. The second-order valence-electron chi connectivity index (χ2n) is 7.14. The Bertz CT molecular complexity index is 670. The number of halogens is 1. The lowest BCUT2D eigenvalue weighted by atomic mass is 10.0. The maximum absolute atomic E-state index is 12.5. The van der Waals surface area contributed by atoms with Crippen molar-refractivity contribution in [3.8, 4) is 0 Å². The molecule has 0 radical (unpaired) electrons. The first kappa shape index (κ1) is 20.0. The van der Waals surface area contributed by atoms with Gasteiger partial charge in [0.2, 0.25) is 0 Å². The summed E-state index contributed by atoms with van der Waals surface area (Å²) in [4.78, 5) is 38.3. The van der Waals surface area contributed by atoms with Gasteiger partial charge in [-0.3, -0.25) is 25.3 Å².